The van der Waals surface area contributed by atoms with Gasteiger partial charge in [0.1, 0.15) is 6.20 Å². The van der Waals surface area contributed by atoms with E-state index < -0.39 is 0 Å². The lowest BCUT2D eigenvalue weighted by molar-refractivity contribution is -0.697. The van der Waals surface area contributed by atoms with Gasteiger partial charge in [0.25, 0.3) is 0 Å². The number of esters is 1. The molecule has 0 radical (unpaired) electrons. The molecule has 0 aliphatic rings. The average Bonchev–Trinajstić information content (AvgIpc) is 2.83. The summed E-state index contributed by atoms with van der Waals surface area (Å²) in [5.74, 6) is -0.285. The molecule has 0 unspecified atom stereocenters. The van der Waals surface area contributed by atoms with Gasteiger partial charge in [-0.25, -0.2) is 13.9 Å². The van der Waals surface area contributed by atoms with Gasteiger partial charge in [0.2, 0.25) is 6.33 Å². The molecule has 0 aliphatic carbocycles. The molecule has 2 rings (SSSR count). The molecule has 0 fully saturated rings. The van der Waals surface area contributed by atoms with Gasteiger partial charge in [-0.2, -0.15) is 0 Å². The molecule has 0 spiro atoms. The minimum Gasteiger partial charge on any atom is -0.453 e. The number of nitrogens with zero attached hydrogens (tertiary/aromatic N) is 2. The second-order valence-electron chi connectivity index (χ2n) is 5.02. The lowest BCUT2D eigenvalue weighted by atomic mass is 10.2. The maximum absolute atomic E-state index is 12.0. The number of ether oxygens (including phenoxy) is 1. The Hall–Kier alpha value is -1.37. The minimum absolute atomic E-state index is 0.285. The zero-order chi connectivity index (χ0) is 15.2. The number of unbranched alkanes of at least 4 members (excludes halogenated alkanes) is 1. The standard InChI is InChI=1S/C16H20IN2O2/c1-3-4-9-19-10-15(18(2)12-19)11-21-16(20)13-5-7-14(17)8-6-13/h5-8,10,12H,3-4,9,11H2,1-2H3/q+1. The molecule has 4 nitrogen and oxygen atoms in total. The van der Waals surface area contributed by atoms with Crippen molar-refractivity contribution in [1.82, 2.24) is 4.57 Å². The lowest BCUT2D eigenvalue weighted by Gasteiger charge is -2.02. The van der Waals surface area contributed by atoms with Crippen molar-refractivity contribution >= 4 is 28.6 Å². The van der Waals surface area contributed by atoms with E-state index in [4.69, 9.17) is 4.74 Å². The van der Waals surface area contributed by atoms with Gasteiger partial charge in [-0.15, -0.1) is 0 Å². The minimum atomic E-state index is -0.285. The van der Waals surface area contributed by atoms with Gasteiger partial charge >= 0.3 is 5.97 Å². The summed E-state index contributed by atoms with van der Waals surface area (Å²) in [7, 11) is 1.97. The fourth-order valence-electron chi connectivity index (χ4n) is 2.02. The van der Waals surface area contributed by atoms with Gasteiger partial charge in [0.05, 0.1) is 19.2 Å². The van der Waals surface area contributed by atoms with Crippen molar-refractivity contribution < 1.29 is 14.1 Å². The molecule has 0 aliphatic heterocycles. The van der Waals surface area contributed by atoms with Crippen LogP contribution in [0.4, 0.5) is 0 Å². The topological polar surface area (TPSA) is 35.1 Å². The van der Waals surface area contributed by atoms with Crippen LogP contribution < -0.4 is 4.57 Å². The summed E-state index contributed by atoms with van der Waals surface area (Å²) in [4.78, 5) is 12.0. The highest BCUT2D eigenvalue weighted by molar-refractivity contribution is 14.1. The summed E-state index contributed by atoms with van der Waals surface area (Å²) in [5.41, 5.74) is 1.58. The Bertz CT molecular complexity index is 605. The summed E-state index contributed by atoms with van der Waals surface area (Å²) in [6.45, 7) is 3.46. The summed E-state index contributed by atoms with van der Waals surface area (Å²) < 4.78 is 10.6. The summed E-state index contributed by atoms with van der Waals surface area (Å²) in [6, 6.07) is 7.38. The van der Waals surface area contributed by atoms with Gasteiger partial charge < -0.3 is 4.74 Å². The number of carbonyl (C=O) groups is 1. The highest BCUT2D eigenvalue weighted by atomic mass is 127. The number of hydrogen-bond acceptors (Lipinski definition) is 2. The second-order valence-corrected chi connectivity index (χ2v) is 6.27. The van der Waals surface area contributed by atoms with Crippen molar-refractivity contribution in [3.8, 4) is 0 Å². The molecule has 112 valence electrons. The fraction of sp³-hybridized carbons (Fsp3) is 0.375. The van der Waals surface area contributed by atoms with E-state index in [1.807, 2.05) is 36.3 Å². The molecular formula is C16H20IN2O2+. The molecule has 1 aromatic heterocycles. The number of halogens is 1. The molecule has 1 heterocycles. The van der Waals surface area contributed by atoms with Crippen LogP contribution in [0.3, 0.4) is 0 Å². The molecule has 2 aromatic rings. The molecule has 21 heavy (non-hydrogen) atoms. The number of imidazole rings is 1. The first-order valence-corrected chi connectivity index (χ1v) is 8.15. The van der Waals surface area contributed by atoms with Gasteiger partial charge in [0.15, 0.2) is 12.3 Å². The number of rotatable bonds is 6. The largest absolute Gasteiger partial charge is 0.453 e. The highest BCUT2D eigenvalue weighted by Gasteiger charge is 2.13. The van der Waals surface area contributed by atoms with Crippen LogP contribution in [-0.2, 0) is 24.9 Å². The third-order valence-electron chi connectivity index (χ3n) is 3.29. The monoisotopic (exact) mass is 399 g/mol. The quantitative estimate of drug-likeness (QED) is 0.425. The Morgan fingerprint density at radius 1 is 1.33 bits per heavy atom. The highest BCUT2D eigenvalue weighted by Crippen LogP contribution is 2.09. The van der Waals surface area contributed by atoms with Crippen molar-refractivity contribution in [2.45, 2.75) is 32.9 Å². The maximum Gasteiger partial charge on any atom is 0.338 e. The zero-order valence-corrected chi connectivity index (χ0v) is 14.5. The predicted molar refractivity (Wildman–Crippen MR) is 88.8 cm³/mol. The van der Waals surface area contributed by atoms with E-state index in [1.54, 1.807) is 12.1 Å². The van der Waals surface area contributed by atoms with Crippen LogP contribution in [0.25, 0.3) is 0 Å². The van der Waals surface area contributed by atoms with Crippen molar-refractivity contribution in [2.24, 2.45) is 7.05 Å². The molecule has 0 saturated heterocycles. The molecule has 0 amide bonds. The Morgan fingerprint density at radius 3 is 2.71 bits per heavy atom. The van der Waals surface area contributed by atoms with E-state index in [-0.39, 0.29) is 5.97 Å². The van der Waals surface area contributed by atoms with Crippen LogP contribution in [0.15, 0.2) is 36.8 Å². The van der Waals surface area contributed by atoms with Gasteiger partial charge in [-0.1, -0.05) is 13.3 Å². The first-order valence-electron chi connectivity index (χ1n) is 7.07. The molecule has 0 saturated carbocycles. The van der Waals surface area contributed by atoms with Crippen molar-refractivity contribution in [3.05, 3.63) is 51.6 Å². The van der Waals surface area contributed by atoms with E-state index in [1.165, 1.54) is 6.42 Å². The first kappa shape index (κ1) is 16.0. The average molecular weight is 399 g/mol. The predicted octanol–water partition coefficient (Wildman–Crippen LogP) is 3.07. The van der Waals surface area contributed by atoms with Crippen molar-refractivity contribution in [2.75, 3.05) is 0 Å². The normalized spacial score (nSPS) is 10.6. The molecule has 5 heteroatoms. The van der Waals surface area contributed by atoms with E-state index in [2.05, 4.69) is 34.1 Å². The number of aryl methyl sites for hydroxylation is 2. The van der Waals surface area contributed by atoms with Crippen LogP contribution in [0.5, 0.6) is 0 Å². The van der Waals surface area contributed by atoms with Crippen molar-refractivity contribution in [1.29, 1.82) is 0 Å². The van der Waals surface area contributed by atoms with Crippen LogP contribution in [0.2, 0.25) is 0 Å². The third-order valence-corrected chi connectivity index (χ3v) is 4.01. The molecule has 0 bridgehead atoms. The maximum atomic E-state index is 12.0. The fourth-order valence-corrected chi connectivity index (χ4v) is 2.38. The molecule has 1 aromatic carbocycles. The SMILES string of the molecule is CCCC[n+]1cc(COC(=O)c2ccc(I)cc2)n(C)c1. The van der Waals surface area contributed by atoms with E-state index in [0.29, 0.717) is 12.2 Å². The summed E-state index contributed by atoms with van der Waals surface area (Å²) in [5, 5.41) is 0. The van der Waals surface area contributed by atoms with Crippen molar-refractivity contribution in [3.63, 3.8) is 0 Å². The Labute approximate surface area is 138 Å². The van der Waals surface area contributed by atoms with E-state index >= 15 is 0 Å². The molecule has 0 N–H and O–H groups in total. The van der Waals surface area contributed by atoms with Crippen LogP contribution in [0.1, 0.15) is 35.8 Å². The van der Waals surface area contributed by atoms with Crippen LogP contribution in [0, 0.1) is 3.57 Å². The van der Waals surface area contributed by atoms with Crippen LogP contribution >= 0.6 is 22.6 Å². The number of hydrogen-bond donors (Lipinski definition) is 0. The Morgan fingerprint density at radius 2 is 2.05 bits per heavy atom. The molecule has 0 atom stereocenters. The van der Waals surface area contributed by atoms with Gasteiger partial charge in [0, 0.05) is 3.57 Å². The summed E-state index contributed by atoms with van der Waals surface area (Å²) >= 11 is 2.21. The zero-order valence-electron chi connectivity index (χ0n) is 12.4. The number of benzene rings is 1. The third kappa shape index (κ3) is 4.56. The smallest absolute Gasteiger partial charge is 0.338 e. The number of aromatic nitrogens is 2. The summed E-state index contributed by atoms with van der Waals surface area (Å²) in [6.07, 6.45) is 6.39. The Balaban J connectivity index is 1.94. The van der Waals surface area contributed by atoms with Gasteiger partial charge in [-0.05, 0) is 53.3 Å². The number of carbonyl (C=O) groups excluding carboxylic acids is 1. The van der Waals surface area contributed by atoms with Gasteiger partial charge in [-0.3, -0.25) is 0 Å². The Kier molecular flexibility index (Phi) is 5.78. The lowest BCUT2D eigenvalue weighted by Crippen LogP contribution is -2.30. The first-order chi connectivity index (χ1) is 10.1. The second kappa shape index (κ2) is 7.59. The van der Waals surface area contributed by atoms with Crippen LogP contribution in [-0.4, -0.2) is 10.5 Å². The van der Waals surface area contributed by atoms with E-state index in [9.17, 15) is 4.79 Å². The van der Waals surface area contributed by atoms with E-state index in [0.717, 1.165) is 22.2 Å². The molecular weight excluding hydrogens is 379 g/mol.